The Morgan fingerprint density at radius 2 is 2.10 bits per heavy atom. The Labute approximate surface area is 117 Å². The molecule has 2 unspecified atom stereocenters. The van der Waals surface area contributed by atoms with E-state index in [4.69, 9.17) is 5.73 Å². The van der Waals surface area contributed by atoms with Crippen molar-refractivity contribution in [3.63, 3.8) is 0 Å². The molecule has 20 heavy (non-hydrogen) atoms. The molecule has 4 nitrogen and oxygen atoms in total. The molecule has 2 atom stereocenters. The Bertz CT molecular complexity index is 320. The molecule has 0 aliphatic carbocycles. The summed E-state index contributed by atoms with van der Waals surface area (Å²) < 4.78 is 38.1. The molecule has 1 aliphatic heterocycles. The minimum absolute atomic E-state index is 0.0245. The molecular formula is C13H24F3N3O. The third kappa shape index (κ3) is 5.66. The Balaban J connectivity index is 2.45. The number of amides is 1. The zero-order chi connectivity index (χ0) is 15.3. The maximum atomic E-state index is 12.7. The monoisotopic (exact) mass is 295 g/mol. The number of alkyl halides is 3. The first kappa shape index (κ1) is 17.2. The Kier molecular flexibility index (Phi) is 6.26. The van der Waals surface area contributed by atoms with E-state index in [0.29, 0.717) is 25.9 Å². The van der Waals surface area contributed by atoms with Crippen molar-refractivity contribution in [1.29, 1.82) is 0 Å². The second-order valence-corrected chi connectivity index (χ2v) is 5.75. The van der Waals surface area contributed by atoms with Crippen molar-refractivity contribution in [3.8, 4) is 0 Å². The normalized spacial score (nSPS) is 23.0. The van der Waals surface area contributed by atoms with E-state index in [0.717, 1.165) is 0 Å². The Morgan fingerprint density at radius 3 is 2.60 bits per heavy atom. The number of hydrogen-bond donors (Lipinski definition) is 2. The fourth-order valence-corrected chi connectivity index (χ4v) is 2.55. The van der Waals surface area contributed by atoms with E-state index < -0.39 is 24.0 Å². The number of nitrogens with two attached hydrogens (primary N) is 1. The van der Waals surface area contributed by atoms with Crippen LogP contribution in [-0.4, -0.2) is 48.7 Å². The van der Waals surface area contributed by atoms with Crippen LogP contribution in [0.3, 0.4) is 0 Å². The molecule has 0 aromatic carbocycles. The maximum Gasteiger partial charge on any atom is 0.393 e. The summed E-state index contributed by atoms with van der Waals surface area (Å²) >= 11 is 0. The van der Waals surface area contributed by atoms with E-state index in [1.54, 1.807) is 4.90 Å². The van der Waals surface area contributed by atoms with Crippen molar-refractivity contribution in [3.05, 3.63) is 0 Å². The van der Waals surface area contributed by atoms with Gasteiger partial charge in [0.25, 0.3) is 0 Å². The van der Waals surface area contributed by atoms with Crippen LogP contribution in [-0.2, 0) is 4.79 Å². The van der Waals surface area contributed by atoms with Crippen LogP contribution in [0.4, 0.5) is 13.2 Å². The number of carbonyl (C=O) groups is 1. The molecule has 0 saturated carbocycles. The summed E-state index contributed by atoms with van der Waals surface area (Å²) in [5.74, 6) is -1.70. The van der Waals surface area contributed by atoms with Gasteiger partial charge in [0.2, 0.25) is 5.91 Å². The van der Waals surface area contributed by atoms with Gasteiger partial charge in [-0.3, -0.25) is 4.79 Å². The molecule has 118 valence electrons. The van der Waals surface area contributed by atoms with Crippen LogP contribution < -0.4 is 11.1 Å². The molecule has 0 aromatic heterocycles. The maximum absolute atomic E-state index is 12.7. The van der Waals surface area contributed by atoms with Crippen molar-refractivity contribution in [2.24, 2.45) is 11.7 Å². The van der Waals surface area contributed by atoms with Crippen LogP contribution in [0.1, 0.15) is 33.1 Å². The van der Waals surface area contributed by atoms with Crippen molar-refractivity contribution >= 4 is 5.91 Å². The average molecular weight is 295 g/mol. The lowest BCUT2D eigenvalue weighted by Gasteiger charge is -2.34. The van der Waals surface area contributed by atoms with Gasteiger partial charge in [-0.25, -0.2) is 0 Å². The number of halogens is 3. The molecule has 7 heteroatoms. The van der Waals surface area contributed by atoms with Crippen LogP contribution >= 0.6 is 0 Å². The van der Waals surface area contributed by atoms with Crippen molar-refractivity contribution in [2.75, 3.05) is 19.6 Å². The predicted molar refractivity (Wildman–Crippen MR) is 71.1 cm³/mol. The van der Waals surface area contributed by atoms with E-state index in [-0.39, 0.29) is 19.0 Å². The molecule has 1 aliphatic rings. The molecule has 3 N–H and O–H groups in total. The second-order valence-electron chi connectivity index (χ2n) is 5.75. The molecule has 0 bridgehead atoms. The second kappa shape index (κ2) is 7.26. The van der Waals surface area contributed by atoms with E-state index >= 15 is 0 Å². The molecule has 1 saturated heterocycles. The minimum atomic E-state index is -4.13. The van der Waals surface area contributed by atoms with Crippen LogP contribution in [0.15, 0.2) is 0 Å². The van der Waals surface area contributed by atoms with Gasteiger partial charge >= 0.3 is 6.18 Å². The highest BCUT2D eigenvalue weighted by Gasteiger charge is 2.41. The first-order valence-corrected chi connectivity index (χ1v) is 7.04. The van der Waals surface area contributed by atoms with E-state index in [9.17, 15) is 18.0 Å². The Morgan fingerprint density at radius 1 is 1.45 bits per heavy atom. The van der Waals surface area contributed by atoms with Gasteiger partial charge in [0, 0.05) is 19.1 Å². The highest BCUT2D eigenvalue weighted by molar-refractivity contribution is 5.79. The third-order valence-electron chi connectivity index (χ3n) is 3.58. The van der Waals surface area contributed by atoms with Gasteiger partial charge in [0.15, 0.2) is 0 Å². The Hall–Kier alpha value is -0.820. The van der Waals surface area contributed by atoms with Gasteiger partial charge in [-0.1, -0.05) is 13.8 Å². The predicted octanol–water partition coefficient (Wildman–Crippen LogP) is 1.50. The number of primary amides is 1. The topological polar surface area (TPSA) is 58.4 Å². The molecule has 1 rings (SSSR count). The first-order chi connectivity index (χ1) is 9.20. The third-order valence-corrected chi connectivity index (χ3v) is 3.58. The number of likely N-dealkylation sites (tertiary alicyclic amines) is 1. The minimum Gasteiger partial charge on any atom is -0.368 e. The summed E-state index contributed by atoms with van der Waals surface area (Å²) in [6.45, 7) is 4.93. The molecule has 0 radical (unpaired) electrons. The van der Waals surface area contributed by atoms with E-state index in [1.165, 1.54) is 0 Å². The van der Waals surface area contributed by atoms with Crippen LogP contribution in [0.5, 0.6) is 0 Å². The van der Waals surface area contributed by atoms with Crippen molar-refractivity contribution in [2.45, 2.75) is 51.4 Å². The van der Waals surface area contributed by atoms with Crippen LogP contribution in [0, 0.1) is 5.92 Å². The van der Waals surface area contributed by atoms with E-state index in [1.807, 2.05) is 13.8 Å². The average Bonchev–Trinajstić information content (AvgIpc) is 2.33. The van der Waals surface area contributed by atoms with Gasteiger partial charge in [0.05, 0.1) is 12.0 Å². The van der Waals surface area contributed by atoms with Crippen LogP contribution in [0.2, 0.25) is 0 Å². The van der Waals surface area contributed by atoms with Gasteiger partial charge in [0.1, 0.15) is 0 Å². The summed E-state index contributed by atoms with van der Waals surface area (Å²) in [6, 6.07) is -0.377. The molecule has 1 amide bonds. The SMILES string of the molecule is CC(C)NC(CCN1CCCC(C(F)(F)F)C1)C(N)=O. The number of nitrogens with zero attached hydrogens (tertiary/aromatic N) is 1. The van der Waals surface area contributed by atoms with Gasteiger partial charge in [-0.15, -0.1) is 0 Å². The highest BCUT2D eigenvalue weighted by atomic mass is 19.4. The summed E-state index contributed by atoms with van der Waals surface area (Å²) in [5.41, 5.74) is 5.30. The fourth-order valence-electron chi connectivity index (χ4n) is 2.55. The van der Waals surface area contributed by atoms with Crippen molar-refractivity contribution < 1.29 is 18.0 Å². The van der Waals surface area contributed by atoms with Gasteiger partial charge in [-0.2, -0.15) is 13.2 Å². The highest BCUT2D eigenvalue weighted by Crippen LogP contribution is 2.33. The number of piperidine rings is 1. The number of nitrogens with one attached hydrogen (secondary N) is 1. The zero-order valence-corrected chi connectivity index (χ0v) is 12.0. The quantitative estimate of drug-likeness (QED) is 0.781. The van der Waals surface area contributed by atoms with Crippen LogP contribution in [0.25, 0.3) is 0 Å². The lowest BCUT2D eigenvalue weighted by Crippen LogP contribution is -2.48. The summed E-state index contributed by atoms with van der Waals surface area (Å²) in [5, 5.41) is 3.04. The number of hydrogen-bond acceptors (Lipinski definition) is 3. The molecule has 1 heterocycles. The van der Waals surface area contributed by atoms with Crippen molar-refractivity contribution in [1.82, 2.24) is 10.2 Å². The number of rotatable bonds is 6. The fraction of sp³-hybridized carbons (Fsp3) is 0.923. The summed E-state index contributed by atoms with van der Waals surface area (Å²) in [6.07, 6.45) is -2.94. The lowest BCUT2D eigenvalue weighted by molar-refractivity contribution is -0.186. The smallest absolute Gasteiger partial charge is 0.368 e. The summed E-state index contributed by atoms with van der Waals surface area (Å²) in [4.78, 5) is 13.1. The lowest BCUT2D eigenvalue weighted by atomic mass is 9.97. The zero-order valence-electron chi connectivity index (χ0n) is 12.0. The first-order valence-electron chi connectivity index (χ1n) is 7.04. The molecule has 1 fully saturated rings. The summed E-state index contributed by atoms with van der Waals surface area (Å²) in [7, 11) is 0. The van der Waals surface area contributed by atoms with E-state index in [2.05, 4.69) is 5.32 Å². The number of carbonyl (C=O) groups excluding carboxylic acids is 1. The van der Waals surface area contributed by atoms with Gasteiger partial charge < -0.3 is 16.0 Å². The van der Waals surface area contributed by atoms with Gasteiger partial charge in [-0.05, 0) is 25.8 Å². The molecular weight excluding hydrogens is 271 g/mol. The molecule has 0 spiro atoms. The molecule has 0 aromatic rings. The standard InChI is InChI=1S/C13H24F3N3O/c1-9(2)18-11(12(17)20)5-7-19-6-3-4-10(8-19)13(14,15)16/h9-11,18H,3-8H2,1-2H3,(H2,17,20). The largest absolute Gasteiger partial charge is 0.393 e.